The summed E-state index contributed by atoms with van der Waals surface area (Å²) >= 11 is 0. The maximum atomic E-state index is 13.2. The second-order valence-electron chi connectivity index (χ2n) is 9.50. The minimum atomic E-state index is -0.373. The van der Waals surface area contributed by atoms with Crippen LogP contribution in [0.1, 0.15) is 21.5 Å². The van der Waals surface area contributed by atoms with Gasteiger partial charge in [0.2, 0.25) is 0 Å². The molecule has 206 valence electrons. The van der Waals surface area contributed by atoms with Crippen LogP contribution in [-0.4, -0.2) is 65.5 Å². The van der Waals surface area contributed by atoms with Crippen molar-refractivity contribution < 1.29 is 19.1 Å². The molecule has 0 saturated carbocycles. The van der Waals surface area contributed by atoms with Gasteiger partial charge in [0.15, 0.2) is 0 Å². The molecular formula is C30H37N5O4. The summed E-state index contributed by atoms with van der Waals surface area (Å²) in [5.41, 5.74) is 5.88. The lowest BCUT2D eigenvalue weighted by Gasteiger charge is -2.38. The first-order chi connectivity index (χ1) is 18.9. The Morgan fingerprint density at radius 2 is 1.44 bits per heavy atom. The van der Waals surface area contributed by atoms with Crippen LogP contribution < -0.4 is 30.5 Å². The SMILES string of the molecule is COCCNC(=O)c1cc(NC(=O)Nc2ccc(C)c(C)c2)ccc1N1CCN(c2ccccc2OC)CC1. The number of hydrogen-bond acceptors (Lipinski definition) is 6. The van der Waals surface area contributed by atoms with Crippen LogP contribution in [0, 0.1) is 13.8 Å². The summed E-state index contributed by atoms with van der Waals surface area (Å²) in [6, 6.07) is 18.8. The van der Waals surface area contributed by atoms with Gasteiger partial charge >= 0.3 is 6.03 Å². The predicted molar refractivity (Wildman–Crippen MR) is 157 cm³/mol. The summed E-state index contributed by atoms with van der Waals surface area (Å²) < 4.78 is 10.6. The number of methoxy groups -OCH3 is 2. The number of amides is 3. The lowest BCUT2D eigenvalue weighted by molar-refractivity contribution is 0.0937. The molecule has 9 nitrogen and oxygen atoms in total. The number of benzene rings is 3. The van der Waals surface area contributed by atoms with Crippen LogP contribution in [0.25, 0.3) is 0 Å². The molecule has 9 heteroatoms. The number of nitrogens with one attached hydrogen (secondary N) is 3. The van der Waals surface area contributed by atoms with Gasteiger partial charge in [-0.1, -0.05) is 18.2 Å². The van der Waals surface area contributed by atoms with Crippen LogP contribution in [0.5, 0.6) is 5.75 Å². The fourth-order valence-electron chi connectivity index (χ4n) is 4.63. The molecular weight excluding hydrogens is 494 g/mol. The van der Waals surface area contributed by atoms with Crippen molar-refractivity contribution in [2.45, 2.75) is 13.8 Å². The lowest BCUT2D eigenvalue weighted by Crippen LogP contribution is -2.47. The molecule has 0 aliphatic carbocycles. The number of piperazine rings is 1. The number of anilines is 4. The zero-order chi connectivity index (χ0) is 27.8. The maximum Gasteiger partial charge on any atom is 0.323 e. The second kappa shape index (κ2) is 13.0. The number of carbonyl (C=O) groups excluding carboxylic acids is 2. The molecule has 1 heterocycles. The Bertz CT molecular complexity index is 1300. The van der Waals surface area contributed by atoms with Gasteiger partial charge in [-0.05, 0) is 67.4 Å². The van der Waals surface area contributed by atoms with Crippen molar-refractivity contribution in [2.75, 3.05) is 74.0 Å². The van der Waals surface area contributed by atoms with Crippen LogP contribution in [0.15, 0.2) is 60.7 Å². The summed E-state index contributed by atoms with van der Waals surface area (Å²) in [5, 5.41) is 8.64. The number of urea groups is 1. The van der Waals surface area contributed by atoms with Crippen molar-refractivity contribution in [1.29, 1.82) is 0 Å². The Hall–Kier alpha value is -4.24. The van der Waals surface area contributed by atoms with Gasteiger partial charge in [-0.25, -0.2) is 4.79 Å². The van der Waals surface area contributed by atoms with E-state index in [0.29, 0.717) is 30.1 Å². The van der Waals surface area contributed by atoms with Crippen molar-refractivity contribution in [3.05, 3.63) is 77.4 Å². The van der Waals surface area contributed by atoms with E-state index in [1.807, 2.05) is 62.4 Å². The number of carbonyl (C=O) groups is 2. The summed E-state index contributed by atoms with van der Waals surface area (Å²) in [6.07, 6.45) is 0. The number of aryl methyl sites for hydroxylation is 2. The van der Waals surface area contributed by atoms with Crippen LogP contribution >= 0.6 is 0 Å². The van der Waals surface area contributed by atoms with Gasteiger partial charge in [-0.15, -0.1) is 0 Å². The first kappa shape index (κ1) is 27.8. The number of ether oxygens (including phenoxy) is 2. The average molecular weight is 532 g/mol. The highest BCUT2D eigenvalue weighted by Gasteiger charge is 2.24. The topological polar surface area (TPSA) is 95.2 Å². The zero-order valence-corrected chi connectivity index (χ0v) is 23.0. The molecule has 1 saturated heterocycles. The molecule has 0 radical (unpaired) electrons. The third kappa shape index (κ3) is 7.00. The summed E-state index contributed by atoms with van der Waals surface area (Å²) in [6.45, 7) is 7.86. The molecule has 0 atom stereocenters. The van der Waals surface area contributed by atoms with E-state index in [-0.39, 0.29) is 11.9 Å². The first-order valence-corrected chi connectivity index (χ1v) is 13.1. The van der Waals surface area contributed by atoms with E-state index in [4.69, 9.17) is 9.47 Å². The Morgan fingerprint density at radius 1 is 0.795 bits per heavy atom. The number of nitrogens with zero attached hydrogens (tertiary/aromatic N) is 2. The van der Waals surface area contributed by atoms with E-state index in [0.717, 1.165) is 54.4 Å². The molecule has 0 aromatic heterocycles. The van der Waals surface area contributed by atoms with Crippen LogP contribution in [0.4, 0.5) is 27.5 Å². The fraction of sp³-hybridized carbons (Fsp3) is 0.333. The van der Waals surface area contributed by atoms with E-state index in [2.05, 4.69) is 31.8 Å². The smallest absolute Gasteiger partial charge is 0.323 e. The summed E-state index contributed by atoms with van der Waals surface area (Å²) in [4.78, 5) is 30.4. The lowest BCUT2D eigenvalue weighted by atomic mass is 10.1. The number of hydrogen-bond donors (Lipinski definition) is 3. The number of para-hydroxylation sites is 2. The van der Waals surface area contributed by atoms with Crippen LogP contribution in [-0.2, 0) is 4.74 Å². The van der Waals surface area contributed by atoms with E-state index in [9.17, 15) is 9.59 Å². The summed E-state index contributed by atoms with van der Waals surface area (Å²) in [7, 11) is 3.28. The van der Waals surface area contributed by atoms with Crippen molar-refractivity contribution in [1.82, 2.24) is 5.32 Å². The molecule has 3 aromatic carbocycles. The second-order valence-corrected chi connectivity index (χ2v) is 9.50. The first-order valence-electron chi connectivity index (χ1n) is 13.1. The third-order valence-electron chi connectivity index (χ3n) is 6.90. The third-order valence-corrected chi connectivity index (χ3v) is 6.90. The molecule has 3 aromatic rings. The Morgan fingerprint density at radius 3 is 2.10 bits per heavy atom. The van der Waals surface area contributed by atoms with Crippen molar-refractivity contribution in [3.63, 3.8) is 0 Å². The summed E-state index contributed by atoms with van der Waals surface area (Å²) in [5.74, 6) is 0.631. The molecule has 3 N–H and O–H groups in total. The van der Waals surface area contributed by atoms with Crippen LogP contribution in [0.3, 0.4) is 0 Å². The van der Waals surface area contributed by atoms with Crippen LogP contribution in [0.2, 0.25) is 0 Å². The maximum absolute atomic E-state index is 13.2. The molecule has 39 heavy (non-hydrogen) atoms. The zero-order valence-electron chi connectivity index (χ0n) is 23.0. The monoisotopic (exact) mass is 531 g/mol. The average Bonchev–Trinajstić information content (AvgIpc) is 2.95. The van der Waals surface area contributed by atoms with E-state index >= 15 is 0 Å². The Kier molecular flexibility index (Phi) is 9.27. The molecule has 0 unspecified atom stereocenters. The van der Waals surface area contributed by atoms with Crippen molar-refractivity contribution >= 4 is 34.7 Å². The standard InChI is InChI=1S/C30H37N5O4/c1-21-9-10-23(19-22(21)2)32-30(37)33-24-11-12-26(25(20-24)29(36)31-13-18-38-3)34-14-16-35(17-15-34)27-7-5-6-8-28(27)39-4/h5-12,19-20H,13-18H2,1-4H3,(H,31,36)(H2,32,33,37). The van der Waals surface area contributed by atoms with E-state index in [1.54, 1.807) is 20.3 Å². The van der Waals surface area contributed by atoms with Gasteiger partial charge in [0.1, 0.15) is 5.75 Å². The molecule has 1 aliphatic heterocycles. The molecule has 1 fully saturated rings. The van der Waals surface area contributed by atoms with Crippen molar-refractivity contribution in [3.8, 4) is 5.75 Å². The van der Waals surface area contributed by atoms with Gasteiger partial charge < -0.3 is 35.2 Å². The van der Waals surface area contributed by atoms with Gasteiger partial charge in [-0.3, -0.25) is 4.79 Å². The highest BCUT2D eigenvalue weighted by atomic mass is 16.5. The Labute approximate surface area is 230 Å². The largest absolute Gasteiger partial charge is 0.495 e. The highest BCUT2D eigenvalue weighted by molar-refractivity contribution is 6.04. The van der Waals surface area contributed by atoms with Gasteiger partial charge in [0.05, 0.1) is 25.0 Å². The quantitative estimate of drug-likeness (QED) is 0.348. The molecule has 1 aliphatic rings. The van der Waals surface area contributed by atoms with Gasteiger partial charge in [0, 0.05) is 56.9 Å². The molecule has 0 spiro atoms. The van der Waals surface area contributed by atoms with Gasteiger partial charge in [-0.2, -0.15) is 0 Å². The van der Waals surface area contributed by atoms with E-state index < -0.39 is 0 Å². The predicted octanol–water partition coefficient (Wildman–Crippen LogP) is 4.66. The number of rotatable bonds is 9. The van der Waals surface area contributed by atoms with Gasteiger partial charge in [0.25, 0.3) is 5.91 Å². The minimum Gasteiger partial charge on any atom is -0.495 e. The molecule has 0 bridgehead atoms. The highest BCUT2D eigenvalue weighted by Crippen LogP contribution is 2.31. The molecule has 4 rings (SSSR count). The minimum absolute atomic E-state index is 0.215. The normalized spacial score (nSPS) is 13.1. The Balaban J connectivity index is 1.50. The van der Waals surface area contributed by atoms with Crippen molar-refractivity contribution in [2.24, 2.45) is 0 Å². The fourth-order valence-corrected chi connectivity index (χ4v) is 4.63. The molecule has 3 amide bonds. The van der Waals surface area contributed by atoms with E-state index in [1.165, 1.54) is 0 Å².